The van der Waals surface area contributed by atoms with Gasteiger partial charge in [0.1, 0.15) is 0 Å². The van der Waals surface area contributed by atoms with Gasteiger partial charge in [0.2, 0.25) is 6.41 Å². The Balaban J connectivity index is 1.37. The van der Waals surface area contributed by atoms with Crippen molar-refractivity contribution in [2.24, 2.45) is 0 Å². The highest BCUT2D eigenvalue weighted by atomic mass is 16.2. The highest BCUT2D eigenvalue weighted by molar-refractivity contribution is 6.04. The first kappa shape index (κ1) is 23.1. The van der Waals surface area contributed by atoms with Crippen LogP contribution in [0.25, 0.3) is 6.08 Å². The molecule has 178 valence electrons. The lowest BCUT2D eigenvalue weighted by molar-refractivity contribution is -0.114. The smallest absolute Gasteiger partial charge is 0.251 e. The molecule has 0 bridgehead atoms. The monoisotopic (exact) mass is 465 g/mol. The average molecular weight is 466 g/mol. The highest BCUT2D eigenvalue weighted by Crippen LogP contribution is 2.34. The van der Waals surface area contributed by atoms with Gasteiger partial charge in [0.05, 0.1) is 0 Å². The van der Waals surface area contributed by atoms with Crippen molar-refractivity contribution in [2.75, 3.05) is 29.4 Å². The van der Waals surface area contributed by atoms with Crippen LogP contribution >= 0.6 is 0 Å². The van der Waals surface area contributed by atoms with E-state index in [1.54, 1.807) is 11.0 Å². The predicted molar refractivity (Wildman–Crippen MR) is 141 cm³/mol. The third-order valence-corrected chi connectivity index (χ3v) is 7.03. The number of carbonyl (C=O) groups excluding carboxylic acids is 2. The Bertz CT molecular complexity index is 1180. The molecule has 2 aliphatic heterocycles. The van der Waals surface area contributed by atoms with Gasteiger partial charge in [-0.1, -0.05) is 66.7 Å². The molecule has 1 saturated heterocycles. The number of likely N-dealkylation sites (tertiary alicyclic amines) is 1. The van der Waals surface area contributed by atoms with Gasteiger partial charge < -0.3 is 9.80 Å². The van der Waals surface area contributed by atoms with Gasteiger partial charge in [-0.3, -0.25) is 14.5 Å². The fourth-order valence-electron chi connectivity index (χ4n) is 5.16. The van der Waals surface area contributed by atoms with Crippen LogP contribution in [0, 0.1) is 0 Å². The molecular formula is C30H31N3O2. The van der Waals surface area contributed by atoms with E-state index in [1.807, 2.05) is 59.5 Å². The van der Waals surface area contributed by atoms with Gasteiger partial charge in [-0.15, -0.1) is 0 Å². The summed E-state index contributed by atoms with van der Waals surface area (Å²) in [5.74, 6) is -0.0223. The normalized spacial score (nSPS) is 16.4. The van der Waals surface area contributed by atoms with Gasteiger partial charge in [-0.2, -0.15) is 0 Å². The second-order valence-electron chi connectivity index (χ2n) is 9.31. The van der Waals surface area contributed by atoms with E-state index in [4.69, 9.17) is 0 Å². The lowest BCUT2D eigenvalue weighted by Crippen LogP contribution is -2.47. The Morgan fingerprint density at radius 3 is 2.34 bits per heavy atom. The summed E-state index contributed by atoms with van der Waals surface area (Å²) >= 11 is 0. The molecule has 35 heavy (non-hydrogen) atoms. The van der Waals surface area contributed by atoms with Gasteiger partial charge in [0.15, 0.2) is 0 Å². The summed E-state index contributed by atoms with van der Waals surface area (Å²) in [5.41, 5.74) is 5.26. The fourth-order valence-corrected chi connectivity index (χ4v) is 5.16. The quantitative estimate of drug-likeness (QED) is 0.368. The van der Waals surface area contributed by atoms with E-state index >= 15 is 0 Å². The van der Waals surface area contributed by atoms with Crippen LogP contribution in [0.5, 0.6) is 0 Å². The maximum Gasteiger partial charge on any atom is 0.251 e. The van der Waals surface area contributed by atoms with E-state index in [0.717, 1.165) is 67.8 Å². The van der Waals surface area contributed by atoms with E-state index in [0.29, 0.717) is 6.54 Å². The third kappa shape index (κ3) is 5.36. The van der Waals surface area contributed by atoms with Crippen molar-refractivity contribution in [1.29, 1.82) is 0 Å². The van der Waals surface area contributed by atoms with E-state index in [2.05, 4.69) is 35.2 Å². The summed E-state index contributed by atoms with van der Waals surface area (Å²) in [7, 11) is 0. The van der Waals surface area contributed by atoms with Gasteiger partial charge >= 0.3 is 0 Å². The molecule has 5 rings (SSSR count). The van der Waals surface area contributed by atoms with Crippen molar-refractivity contribution in [2.45, 2.75) is 31.8 Å². The minimum absolute atomic E-state index is 0.0223. The van der Waals surface area contributed by atoms with Crippen LogP contribution in [0.15, 0.2) is 84.9 Å². The van der Waals surface area contributed by atoms with Crippen LogP contribution in [-0.4, -0.2) is 42.9 Å². The minimum atomic E-state index is -0.0223. The van der Waals surface area contributed by atoms with E-state index in [9.17, 15) is 9.59 Å². The summed E-state index contributed by atoms with van der Waals surface area (Å²) in [6, 6.07) is 26.7. The third-order valence-electron chi connectivity index (χ3n) is 7.03. The van der Waals surface area contributed by atoms with Crippen molar-refractivity contribution in [3.8, 4) is 0 Å². The average Bonchev–Trinajstić information content (AvgIpc) is 3.32. The highest BCUT2D eigenvalue weighted by Gasteiger charge is 2.30. The first-order valence-electron chi connectivity index (χ1n) is 12.4. The summed E-state index contributed by atoms with van der Waals surface area (Å²) in [6.45, 7) is 3.51. The zero-order valence-corrected chi connectivity index (χ0v) is 19.9. The maximum absolute atomic E-state index is 13.6. The summed E-state index contributed by atoms with van der Waals surface area (Å²) in [4.78, 5) is 31.3. The molecule has 0 atom stereocenters. The number of nitrogens with zero attached hydrogens (tertiary/aromatic N) is 3. The number of rotatable bonds is 7. The lowest BCUT2D eigenvalue weighted by Gasteiger charge is -2.38. The molecule has 2 heterocycles. The number of amides is 2. The molecule has 3 aromatic carbocycles. The topological polar surface area (TPSA) is 43.9 Å². The second-order valence-corrected chi connectivity index (χ2v) is 9.31. The molecule has 0 N–H and O–H groups in total. The summed E-state index contributed by atoms with van der Waals surface area (Å²) in [6.07, 6.45) is 7.12. The van der Waals surface area contributed by atoms with Crippen molar-refractivity contribution >= 4 is 29.8 Å². The van der Waals surface area contributed by atoms with Gasteiger partial charge in [0.25, 0.3) is 5.91 Å². The molecule has 0 saturated carbocycles. The maximum atomic E-state index is 13.6. The number of hydrogen-bond donors (Lipinski definition) is 0. The Morgan fingerprint density at radius 1 is 0.914 bits per heavy atom. The van der Waals surface area contributed by atoms with Gasteiger partial charge in [-0.05, 0) is 54.2 Å². The number of fused-ring (bicyclic) bond motifs is 1. The fraction of sp³-hybridized carbons (Fsp3) is 0.267. The van der Waals surface area contributed by atoms with Crippen molar-refractivity contribution in [1.82, 2.24) is 4.90 Å². The number of piperidine rings is 1. The second kappa shape index (κ2) is 10.7. The number of anilines is 2. The van der Waals surface area contributed by atoms with Crippen LogP contribution in [0.4, 0.5) is 11.4 Å². The van der Waals surface area contributed by atoms with Crippen molar-refractivity contribution in [3.05, 3.63) is 102 Å². The van der Waals surface area contributed by atoms with Crippen LogP contribution in [0.2, 0.25) is 0 Å². The van der Waals surface area contributed by atoms with Crippen LogP contribution in [0.1, 0.15) is 29.5 Å². The molecule has 0 spiro atoms. The molecule has 0 radical (unpaired) electrons. The van der Waals surface area contributed by atoms with Crippen LogP contribution in [-0.2, 0) is 22.6 Å². The zero-order chi connectivity index (χ0) is 24.0. The van der Waals surface area contributed by atoms with Gasteiger partial charge in [-0.25, -0.2) is 0 Å². The van der Waals surface area contributed by atoms with Crippen molar-refractivity contribution < 1.29 is 9.59 Å². The van der Waals surface area contributed by atoms with Gasteiger partial charge in [0, 0.05) is 49.7 Å². The van der Waals surface area contributed by atoms with Crippen molar-refractivity contribution in [3.63, 3.8) is 0 Å². The molecule has 3 aromatic rings. The molecule has 0 aromatic heterocycles. The molecule has 2 aliphatic rings. The SMILES string of the molecule is O=CN1CCc2ccc(N(C(=O)/C=C/c3ccccc3)C3CCN(Cc4ccccc4)CC3)cc21. The number of hydrogen-bond acceptors (Lipinski definition) is 3. The number of benzene rings is 3. The zero-order valence-electron chi connectivity index (χ0n) is 19.9. The Labute approximate surface area is 207 Å². The largest absolute Gasteiger partial charge is 0.314 e. The lowest BCUT2D eigenvalue weighted by atomic mass is 10.0. The van der Waals surface area contributed by atoms with E-state index in [1.165, 1.54) is 5.56 Å². The van der Waals surface area contributed by atoms with E-state index < -0.39 is 0 Å². The molecular weight excluding hydrogens is 434 g/mol. The molecule has 5 heteroatoms. The Morgan fingerprint density at radius 2 is 1.63 bits per heavy atom. The van der Waals surface area contributed by atoms with Crippen LogP contribution in [0.3, 0.4) is 0 Å². The predicted octanol–water partition coefficient (Wildman–Crippen LogP) is 4.92. The number of carbonyl (C=O) groups is 2. The molecule has 0 unspecified atom stereocenters. The first-order valence-corrected chi connectivity index (χ1v) is 12.4. The standard InChI is InChI=1S/C30H31N3O2/c34-23-32-20-15-26-12-13-28(21-29(26)32)33(30(35)14-11-24-7-3-1-4-8-24)27-16-18-31(19-17-27)22-25-9-5-2-6-10-25/h1-14,21,23,27H,15-20,22H2/b14-11+. The summed E-state index contributed by atoms with van der Waals surface area (Å²) < 4.78 is 0. The first-order chi connectivity index (χ1) is 17.2. The molecule has 1 fully saturated rings. The molecule has 0 aliphatic carbocycles. The summed E-state index contributed by atoms with van der Waals surface area (Å²) in [5, 5.41) is 0. The Kier molecular flexibility index (Phi) is 7.05. The molecule has 5 nitrogen and oxygen atoms in total. The van der Waals surface area contributed by atoms with Crippen LogP contribution < -0.4 is 9.80 Å². The van der Waals surface area contributed by atoms with E-state index in [-0.39, 0.29) is 11.9 Å². The molecule has 2 amide bonds. The minimum Gasteiger partial charge on any atom is -0.314 e. The Hall–Kier alpha value is -3.70.